The van der Waals surface area contributed by atoms with E-state index in [0.29, 0.717) is 5.69 Å². The molecular formula is C16H15BrN2OS. The summed E-state index contributed by atoms with van der Waals surface area (Å²) in [6, 6.07) is 13.8. The van der Waals surface area contributed by atoms with E-state index >= 15 is 0 Å². The molecule has 2 aromatic rings. The monoisotopic (exact) mass is 362 g/mol. The predicted octanol–water partition coefficient (Wildman–Crippen LogP) is 3.71. The van der Waals surface area contributed by atoms with Crippen LogP contribution in [0.3, 0.4) is 0 Å². The Labute approximate surface area is 136 Å². The van der Waals surface area contributed by atoms with Crippen molar-refractivity contribution in [2.75, 3.05) is 17.7 Å². The minimum absolute atomic E-state index is 0.0737. The lowest BCUT2D eigenvalue weighted by Gasteiger charge is -2.22. The number of fused-ring (bicyclic) bond motifs is 1. The van der Waals surface area contributed by atoms with Crippen LogP contribution in [-0.4, -0.2) is 18.2 Å². The quantitative estimate of drug-likeness (QED) is 0.828. The first-order valence-electron chi connectivity index (χ1n) is 6.63. The first-order valence-corrected chi connectivity index (χ1v) is 8.30. The maximum Gasteiger partial charge on any atom is 0.240 e. The van der Waals surface area contributed by atoms with Gasteiger partial charge in [-0.25, -0.2) is 0 Å². The minimum Gasteiger partial charge on any atom is -0.397 e. The average Bonchev–Trinajstić information content (AvgIpc) is 2.89. The van der Waals surface area contributed by atoms with Gasteiger partial charge in [0.25, 0.3) is 0 Å². The fourth-order valence-electron chi connectivity index (χ4n) is 2.49. The fourth-order valence-corrected chi connectivity index (χ4v) is 4.15. The van der Waals surface area contributed by atoms with E-state index in [2.05, 4.69) is 28.1 Å². The van der Waals surface area contributed by atoms with E-state index in [-0.39, 0.29) is 11.2 Å². The summed E-state index contributed by atoms with van der Waals surface area (Å²) >= 11 is 5.02. The second kappa shape index (κ2) is 5.73. The van der Waals surface area contributed by atoms with Gasteiger partial charge in [0.15, 0.2) is 0 Å². The van der Waals surface area contributed by atoms with Crippen molar-refractivity contribution in [2.45, 2.75) is 16.6 Å². The highest BCUT2D eigenvalue weighted by Gasteiger charge is 2.31. The summed E-state index contributed by atoms with van der Waals surface area (Å²) < 4.78 is 0.909. The first kappa shape index (κ1) is 14.5. The number of nitrogen functional groups attached to an aromatic ring is 1. The van der Waals surface area contributed by atoms with Gasteiger partial charge in [0.1, 0.15) is 0 Å². The number of rotatable bonds is 2. The van der Waals surface area contributed by atoms with Crippen molar-refractivity contribution < 1.29 is 4.79 Å². The molecule has 5 heteroatoms. The van der Waals surface area contributed by atoms with Crippen LogP contribution in [0.15, 0.2) is 51.8 Å². The van der Waals surface area contributed by atoms with Crippen molar-refractivity contribution >= 4 is 45.0 Å². The number of carbonyl (C=O) groups is 1. The number of anilines is 2. The summed E-state index contributed by atoms with van der Waals surface area (Å²) in [6.07, 6.45) is 0.778. The standard InChI is InChI=1S/C16H15BrN2OS/c1-19(13-7-6-11(17)9-12(13)18)16(20)15-8-10-4-2-3-5-14(10)21-15/h2-7,9,15H,8,18H2,1H3. The van der Waals surface area contributed by atoms with Crippen LogP contribution in [0.4, 0.5) is 11.4 Å². The Balaban J connectivity index is 1.80. The van der Waals surface area contributed by atoms with E-state index in [9.17, 15) is 4.79 Å². The van der Waals surface area contributed by atoms with Gasteiger partial charge in [-0.15, -0.1) is 11.8 Å². The van der Waals surface area contributed by atoms with Crippen molar-refractivity contribution in [1.82, 2.24) is 0 Å². The van der Waals surface area contributed by atoms with Crippen LogP contribution in [0.2, 0.25) is 0 Å². The number of benzene rings is 2. The molecule has 0 bridgehead atoms. The smallest absolute Gasteiger partial charge is 0.240 e. The van der Waals surface area contributed by atoms with Crippen LogP contribution in [-0.2, 0) is 11.2 Å². The minimum atomic E-state index is -0.0737. The molecule has 1 heterocycles. The van der Waals surface area contributed by atoms with Gasteiger partial charge < -0.3 is 10.6 Å². The maximum absolute atomic E-state index is 12.7. The largest absolute Gasteiger partial charge is 0.397 e. The number of nitrogens with zero attached hydrogens (tertiary/aromatic N) is 1. The van der Waals surface area contributed by atoms with Crippen molar-refractivity contribution in [3.05, 3.63) is 52.5 Å². The summed E-state index contributed by atoms with van der Waals surface area (Å²) in [7, 11) is 1.78. The molecular weight excluding hydrogens is 348 g/mol. The number of nitrogens with two attached hydrogens (primary N) is 1. The predicted molar refractivity (Wildman–Crippen MR) is 91.8 cm³/mol. The molecule has 1 atom stereocenters. The number of hydrogen-bond donors (Lipinski definition) is 1. The third-order valence-electron chi connectivity index (χ3n) is 3.60. The maximum atomic E-state index is 12.7. The average molecular weight is 363 g/mol. The zero-order chi connectivity index (χ0) is 15.0. The van der Waals surface area contributed by atoms with E-state index in [0.717, 1.165) is 16.6 Å². The van der Waals surface area contributed by atoms with Gasteiger partial charge in [-0.1, -0.05) is 34.1 Å². The highest BCUT2D eigenvalue weighted by Crippen LogP contribution is 2.38. The van der Waals surface area contributed by atoms with Crippen LogP contribution in [0, 0.1) is 0 Å². The van der Waals surface area contributed by atoms with Crippen LogP contribution in [0.25, 0.3) is 0 Å². The third kappa shape index (κ3) is 2.80. The van der Waals surface area contributed by atoms with E-state index in [1.165, 1.54) is 10.5 Å². The molecule has 0 aliphatic carbocycles. The van der Waals surface area contributed by atoms with Crippen molar-refractivity contribution in [3.63, 3.8) is 0 Å². The lowest BCUT2D eigenvalue weighted by atomic mass is 10.1. The summed E-state index contributed by atoms with van der Waals surface area (Å²) in [5.74, 6) is 0.0882. The van der Waals surface area contributed by atoms with Gasteiger partial charge in [-0.2, -0.15) is 0 Å². The Kier molecular flexibility index (Phi) is 3.95. The number of amides is 1. The van der Waals surface area contributed by atoms with Gasteiger partial charge >= 0.3 is 0 Å². The SMILES string of the molecule is CN(C(=O)C1Cc2ccccc2S1)c1ccc(Br)cc1N. The Hall–Kier alpha value is -1.46. The second-order valence-electron chi connectivity index (χ2n) is 5.02. The molecule has 1 aliphatic rings. The molecule has 0 fully saturated rings. The first-order chi connectivity index (χ1) is 10.1. The second-order valence-corrected chi connectivity index (χ2v) is 7.18. The summed E-state index contributed by atoms with van der Waals surface area (Å²) in [4.78, 5) is 15.5. The lowest BCUT2D eigenvalue weighted by Crippen LogP contribution is -2.35. The molecule has 0 spiro atoms. The molecule has 1 aliphatic heterocycles. The number of hydrogen-bond acceptors (Lipinski definition) is 3. The Morgan fingerprint density at radius 3 is 2.81 bits per heavy atom. The van der Waals surface area contributed by atoms with Crippen molar-refractivity contribution in [2.24, 2.45) is 0 Å². The molecule has 1 unspecified atom stereocenters. The molecule has 2 aromatic carbocycles. The summed E-state index contributed by atoms with van der Waals surface area (Å²) in [5.41, 5.74) is 8.61. The molecule has 0 aromatic heterocycles. The third-order valence-corrected chi connectivity index (χ3v) is 5.40. The van der Waals surface area contributed by atoms with Crippen molar-refractivity contribution in [1.29, 1.82) is 0 Å². The Morgan fingerprint density at radius 1 is 1.33 bits per heavy atom. The zero-order valence-corrected chi connectivity index (χ0v) is 13.9. The van der Waals surface area contributed by atoms with Crippen LogP contribution in [0.1, 0.15) is 5.56 Å². The molecule has 0 radical (unpaired) electrons. The lowest BCUT2D eigenvalue weighted by molar-refractivity contribution is -0.117. The van der Waals surface area contributed by atoms with Gasteiger partial charge in [0.05, 0.1) is 16.6 Å². The van der Waals surface area contributed by atoms with Gasteiger partial charge in [-0.05, 0) is 36.2 Å². The molecule has 0 saturated carbocycles. The van der Waals surface area contributed by atoms with E-state index in [4.69, 9.17) is 5.73 Å². The highest BCUT2D eigenvalue weighted by atomic mass is 79.9. The number of thioether (sulfide) groups is 1. The summed E-state index contributed by atoms with van der Waals surface area (Å²) in [5, 5.41) is -0.0737. The topological polar surface area (TPSA) is 46.3 Å². The molecule has 108 valence electrons. The normalized spacial score (nSPS) is 16.6. The molecule has 3 nitrogen and oxygen atoms in total. The Morgan fingerprint density at radius 2 is 2.10 bits per heavy atom. The van der Waals surface area contributed by atoms with Gasteiger partial charge in [-0.3, -0.25) is 4.79 Å². The van der Waals surface area contributed by atoms with Crippen LogP contribution in [0.5, 0.6) is 0 Å². The number of halogens is 1. The Bertz CT molecular complexity index is 679. The number of carbonyl (C=O) groups excluding carboxylic acids is 1. The van der Waals surface area contributed by atoms with E-state index < -0.39 is 0 Å². The van der Waals surface area contributed by atoms with Gasteiger partial charge in [0, 0.05) is 16.4 Å². The molecule has 1 amide bonds. The van der Waals surface area contributed by atoms with Gasteiger partial charge in [0.2, 0.25) is 5.91 Å². The van der Waals surface area contributed by atoms with E-state index in [1.54, 1.807) is 23.7 Å². The van der Waals surface area contributed by atoms with E-state index in [1.807, 2.05) is 30.3 Å². The molecule has 3 rings (SSSR count). The zero-order valence-electron chi connectivity index (χ0n) is 11.5. The molecule has 0 saturated heterocycles. The van der Waals surface area contributed by atoms with Crippen molar-refractivity contribution in [3.8, 4) is 0 Å². The molecule has 21 heavy (non-hydrogen) atoms. The fraction of sp³-hybridized carbons (Fsp3) is 0.188. The van der Waals surface area contributed by atoms with Crippen LogP contribution >= 0.6 is 27.7 Å². The van der Waals surface area contributed by atoms with Crippen LogP contribution < -0.4 is 10.6 Å². The highest BCUT2D eigenvalue weighted by molar-refractivity contribution is 9.10. The molecule has 2 N–H and O–H groups in total. The summed E-state index contributed by atoms with van der Waals surface area (Å²) in [6.45, 7) is 0.